The van der Waals surface area contributed by atoms with Gasteiger partial charge in [-0.05, 0) is 52.2 Å². The Balaban J connectivity index is 1.87. The fraction of sp³-hybridized carbons (Fsp3) is 0.579. The molecule has 0 aliphatic heterocycles. The number of carbonyl (C=O) groups is 2. The van der Waals surface area contributed by atoms with Crippen molar-refractivity contribution in [2.75, 3.05) is 0 Å². The maximum atomic E-state index is 12.4. The van der Waals surface area contributed by atoms with E-state index in [0.717, 1.165) is 19.3 Å². The normalized spacial score (nSPS) is 21.2. The molecule has 1 saturated carbocycles. The van der Waals surface area contributed by atoms with Crippen LogP contribution in [0, 0.1) is 5.92 Å². The van der Waals surface area contributed by atoms with Crippen molar-refractivity contribution in [2.45, 2.75) is 64.6 Å². The average molecular weight is 401 g/mol. The Bertz CT molecular complexity index is 652. The molecule has 2 amide bonds. The van der Waals surface area contributed by atoms with Crippen molar-refractivity contribution in [3.05, 3.63) is 28.2 Å². The van der Waals surface area contributed by atoms with Gasteiger partial charge in [0.1, 0.15) is 5.75 Å². The molecular weight excluding hydrogens is 375 g/mol. The van der Waals surface area contributed by atoms with Crippen molar-refractivity contribution < 1.29 is 14.3 Å². The topological polar surface area (TPSA) is 67.4 Å². The zero-order valence-corrected chi connectivity index (χ0v) is 16.9. The van der Waals surface area contributed by atoms with Gasteiger partial charge in [0, 0.05) is 24.1 Å². The van der Waals surface area contributed by atoms with Gasteiger partial charge in [0.05, 0.1) is 10.0 Å². The SMILES string of the molecule is CC(C)NC(=O)C1CCCC(NC(=O)C(C)Oc2ccc(Cl)c(Cl)c2)C1. The van der Waals surface area contributed by atoms with Gasteiger partial charge in [-0.15, -0.1) is 0 Å². The highest BCUT2D eigenvalue weighted by Gasteiger charge is 2.29. The van der Waals surface area contributed by atoms with Gasteiger partial charge in [0.15, 0.2) is 6.10 Å². The quantitative estimate of drug-likeness (QED) is 0.758. The second-order valence-electron chi connectivity index (χ2n) is 7.07. The Labute approximate surface area is 164 Å². The van der Waals surface area contributed by atoms with E-state index in [4.69, 9.17) is 27.9 Å². The molecule has 1 aromatic carbocycles. The molecule has 1 aliphatic rings. The van der Waals surface area contributed by atoms with E-state index in [1.807, 2.05) is 13.8 Å². The highest BCUT2D eigenvalue weighted by Crippen LogP contribution is 2.27. The molecule has 3 atom stereocenters. The Morgan fingerprint density at radius 3 is 2.54 bits per heavy atom. The second-order valence-corrected chi connectivity index (χ2v) is 7.88. The van der Waals surface area contributed by atoms with E-state index in [9.17, 15) is 9.59 Å². The molecule has 1 fully saturated rings. The Hall–Kier alpha value is -1.46. The minimum atomic E-state index is -0.669. The molecule has 26 heavy (non-hydrogen) atoms. The third-order valence-electron chi connectivity index (χ3n) is 4.40. The summed E-state index contributed by atoms with van der Waals surface area (Å²) in [5, 5.41) is 6.76. The third kappa shape index (κ3) is 6.06. The van der Waals surface area contributed by atoms with Gasteiger partial charge in [0.25, 0.3) is 5.91 Å². The molecule has 0 bridgehead atoms. The van der Waals surface area contributed by atoms with Crippen LogP contribution in [0.4, 0.5) is 0 Å². The molecule has 2 rings (SSSR count). The predicted molar refractivity (Wildman–Crippen MR) is 104 cm³/mol. The van der Waals surface area contributed by atoms with Crippen molar-refractivity contribution in [2.24, 2.45) is 5.92 Å². The van der Waals surface area contributed by atoms with Crippen molar-refractivity contribution in [3.63, 3.8) is 0 Å². The maximum absolute atomic E-state index is 12.4. The van der Waals surface area contributed by atoms with Crippen LogP contribution in [0.2, 0.25) is 10.0 Å². The van der Waals surface area contributed by atoms with E-state index < -0.39 is 6.10 Å². The standard InChI is InChI=1S/C19H26Cl2N2O3/c1-11(2)22-19(25)13-5-4-6-14(9-13)23-18(24)12(3)26-15-7-8-16(20)17(21)10-15/h7-8,10-14H,4-6,9H2,1-3H3,(H,22,25)(H,23,24). The van der Waals surface area contributed by atoms with Gasteiger partial charge in [0.2, 0.25) is 5.91 Å². The van der Waals surface area contributed by atoms with E-state index in [1.165, 1.54) is 0 Å². The van der Waals surface area contributed by atoms with Crippen LogP contribution in [-0.4, -0.2) is 30.0 Å². The van der Waals surface area contributed by atoms with E-state index in [-0.39, 0.29) is 29.8 Å². The first-order valence-corrected chi connectivity index (χ1v) is 9.74. The van der Waals surface area contributed by atoms with Crippen LogP contribution in [0.25, 0.3) is 0 Å². The molecule has 0 spiro atoms. The second kappa shape index (κ2) is 9.47. The molecule has 7 heteroatoms. The highest BCUT2D eigenvalue weighted by molar-refractivity contribution is 6.42. The van der Waals surface area contributed by atoms with Gasteiger partial charge in [-0.1, -0.05) is 29.6 Å². The highest BCUT2D eigenvalue weighted by atomic mass is 35.5. The summed E-state index contributed by atoms with van der Waals surface area (Å²) < 4.78 is 5.65. The van der Waals surface area contributed by atoms with Gasteiger partial charge in [-0.3, -0.25) is 9.59 Å². The summed E-state index contributed by atoms with van der Waals surface area (Å²) in [6.45, 7) is 5.58. The van der Waals surface area contributed by atoms with E-state index >= 15 is 0 Å². The van der Waals surface area contributed by atoms with E-state index in [0.29, 0.717) is 22.2 Å². The van der Waals surface area contributed by atoms with Gasteiger partial charge >= 0.3 is 0 Å². The first-order chi connectivity index (χ1) is 12.3. The summed E-state index contributed by atoms with van der Waals surface area (Å²) in [5.74, 6) is 0.299. The number of amides is 2. The van der Waals surface area contributed by atoms with Crippen molar-refractivity contribution in [1.29, 1.82) is 0 Å². The number of hydrogen-bond donors (Lipinski definition) is 2. The number of hydrogen-bond acceptors (Lipinski definition) is 3. The van der Waals surface area contributed by atoms with Crippen LogP contribution in [0.5, 0.6) is 5.75 Å². The smallest absolute Gasteiger partial charge is 0.260 e. The fourth-order valence-electron chi connectivity index (χ4n) is 3.09. The lowest BCUT2D eigenvalue weighted by Gasteiger charge is -2.30. The molecule has 0 saturated heterocycles. The summed E-state index contributed by atoms with van der Waals surface area (Å²) in [7, 11) is 0. The number of rotatable bonds is 6. The average Bonchev–Trinajstić information content (AvgIpc) is 2.57. The van der Waals surface area contributed by atoms with Crippen LogP contribution in [-0.2, 0) is 9.59 Å². The van der Waals surface area contributed by atoms with Crippen molar-refractivity contribution in [3.8, 4) is 5.75 Å². The maximum Gasteiger partial charge on any atom is 0.260 e. The number of nitrogens with one attached hydrogen (secondary N) is 2. The first-order valence-electron chi connectivity index (χ1n) is 8.98. The van der Waals surface area contributed by atoms with Crippen molar-refractivity contribution >= 4 is 35.0 Å². The van der Waals surface area contributed by atoms with Crippen LogP contribution in [0.3, 0.4) is 0 Å². The van der Waals surface area contributed by atoms with E-state index in [2.05, 4.69) is 10.6 Å². The molecule has 0 aromatic heterocycles. The molecule has 0 radical (unpaired) electrons. The summed E-state index contributed by atoms with van der Waals surface area (Å²) in [4.78, 5) is 24.6. The Morgan fingerprint density at radius 2 is 1.88 bits per heavy atom. The van der Waals surface area contributed by atoms with Gasteiger partial charge in [-0.25, -0.2) is 0 Å². The summed E-state index contributed by atoms with van der Waals surface area (Å²) in [5.41, 5.74) is 0. The fourth-order valence-corrected chi connectivity index (χ4v) is 3.38. The zero-order valence-electron chi connectivity index (χ0n) is 15.4. The molecular formula is C19H26Cl2N2O3. The first kappa shape index (κ1) is 20.8. The Morgan fingerprint density at radius 1 is 1.15 bits per heavy atom. The number of carbonyl (C=O) groups excluding carboxylic acids is 2. The molecule has 1 aliphatic carbocycles. The third-order valence-corrected chi connectivity index (χ3v) is 5.13. The number of ether oxygens (including phenoxy) is 1. The lowest BCUT2D eigenvalue weighted by molar-refractivity contribution is -0.130. The lowest BCUT2D eigenvalue weighted by Crippen LogP contribution is -2.47. The summed E-state index contributed by atoms with van der Waals surface area (Å²) in [6, 6.07) is 4.99. The molecule has 3 unspecified atom stereocenters. The minimum Gasteiger partial charge on any atom is -0.481 e. The largest absolute Gasteiger partial charge is 0.481 e. The van der Waals surface area contributed by atoms with Gasteiger partial charge < -0.3 is 15.4 Å². The zero-order chi connectivity index (χ0) is 19.3. The predicted octanol–water partition coefficient (Wildman–Crippen LogP) is 3.96. The molecule has 2 N–H and O–H groups in total. The molecule has 5 nitrogen and oxygen atoms in total. The molecule has 1 aromatic rings. The van der Waals surface area contributed by atoms with Gasteiger partial charge in [-0.2, -0.15) is 0 Å². The minimum absolute atomic E-state index is 0.0148. The molecule has 0 heterocycles. The van der Waals surface area contributed by atoms with Crippen LogP contribution in [0.1, 0.15) is 46.5 Å². The lowest BCUT2D eigenvalue weighted by atomic mass is 9.85. The summed E-state index contributed by atoms with van der Waals surface area (Å²) >= 11 is 11.8. The number of halogens is 2. The van der Waals surface area contributed by atoms with Crippen LogP contribution >= 0.6 is 23.2 Å². The Kier molecular flexibility index (Phi) is 7.59. The van der Waals surface area contributed by atoms with Crippen LogP contribution in [0.15, 0.2) is 18.2 Å². The van der Waals surface area contributed by atoms with Crippen LogP contribution < -0.4 is 15.4 Å². The van der Waals surface area contributed by atoms with E-state index in [1.54, 1.807) is 25.1 Å². The molecule has 144 valence electrons. The summed E-state index contributed by atoms with van der Waals surface area (Å²) in [6.07, 6.45) is 2.64. The number of benzene rings is 1. The van der Waals surface area contributed by atoms with Crippen molar-refractivity contribution in [1.82, 2.24) is 10.6 Å². The monoisotopic (exact) mass is 400 g/mol.